The van der Waals surface area contributed by atoms with Gasteiger partial charge in [0.1, 0.15) is 0 Å². The van der Waals surface area contributed by atoms with E-state index in [1.807, 2.05) is 25.1 Å². The van der Waals surface area contributed by atoms with Crippen LogP contribution in [0.15, 0.2) is 18.2 Å². The quantitative estimate of drug-likeness (QED) is 0.707. The number of hydrogen-bond donors (Lipinski definition) is 1. The molecule has 0 aliphatic heterocycles. The molecule has 1 rings (SSSR count). The average Bonchev–Trinajstić information content (AvgIpc) is 2.05. The molecule has 0 heterocycles. The van der Waals surface area contributed by atoms with E-state index < -0.39 is 0 Å². The van der Waals surface area contributed by atoms with Crippen molar-refractivity contribution in [3.05, 3.63) is 34.9 Å². The second-order valence-corrected chi connectivity index (χ2v) is 2.87. The molecule has 0 aromatic heterocycles. The van der Waals surface area contributed by atoms with Gasteiger partial charge in [0.2, 0.25) is 5.91 Å². The summed E-state index contributed by atoms with van der Waals surface area (Å²) in [5, 5.41) is 0. The molecule has 2 N–H and O–H groups in total. The molecular weight excluding hydrogens is 150 g/mol. The van der Waals surface area contributed by atoms with Crippen molar-refractivity contribution in [3.8, 4) is 0 Å². The van der Waals surface area contributed by atoms with Gasteiger partial charge in [-0.15, -0.1) is 0 Å². The van der Waals surface area contributed by atoms with Crippen molar-refractivity contribution in [2.75, 3.05) is 0 Å². The first-order valence-corrected chi connectivity index (χ1v) is 4.04. The lowest BCUT2D eigenvalue weighted by Crippen LogP contribution is -2.12. The highest BCUT2D eigenvalue weighted by atomic mass is 16.1. The highest BCUT2D eigenvalue weighted by Gasteiger charge is 2.04. The van der Waals surface area contributed by atoms with Crippen molar-refractivity contribution in [2.45, 2.75) is 20.3 Å². The molecule has 12 heavy (non-hydrogen) atoms. The largest absolute Gasteiger partial charge is 0.366 e. The zero-order chi connectivity index (χ0) is 9.14. The van der Waals surface area contributed by atoms with Crippen molar-refractivity contribution in [1.29, 1.82) is 0 Å². The number of nitrogens with two attached hydrogens (primary N) is 1. The maximum atomic E-state index is 10.9. The smallest absolute Gasteiger partial charge is 0.248 e. The van der Waals surface area contributed by atoms with Crippen LogP contribution in [-0.2, 0) is 6.42 Å². The molecule has 0 aliphatic carbocycles. The fourth-order valence-corrected chi connectivity index (χ4v) is 1.15. The van der Waals surface area contributed by atoms with E-state index in [-0.39, 0.29) is 5.91 Å². The van der Waals surface area contributed by atoms with Crippen molar-refractivity contribution in [2.24, 2.45) is 5.73 Å². The van der Waals surface area contributed by atoms with Gasteiger partial charge in [-0.25, -0.2) is 0 Å². The van der Waals surface area contributed by atoms with Crippen LogP contribution < -0.4 is 5.73 Å². The number of aryl methyl sites for hydroxylation is 2. The molecule has 1 amide bonds. The molecule has 0 atom stereocenters. The van der Waals surface area contributed by atoms with Crippen molar-refractivity contribution in [1.82, 2.24) is 0 Å². The predicted octanol–water partition coefficient (Wildman–Crippen LogP) is 1.66. The van der Waals surface area contributed by atoms with E-state index in [2.05, 4.69) is 6.92 Å². The summed E-state index contributed by atoms with van der Waals surface area (Å²) in [5.74, 6) is -0.345. The lowest BCUT2D eigenvalue weighted by molar-refractivity contribution is 0.0999. The van der Waals surface area contributed by atoms with E-state index in [1.54, 1.807) is 0 Å². The number of amides is 1. The second kappa shape index (κ2) is 3.39. The van der Waals surface area contributed by atoms with E-state index in [9.17, 15) is 4.79 Å². The van der Waals surface area contributed by atoms with Crippen molar-refractivity contribution in [3.63, 3.8) is 0 Å². The van der Waals surface area contributed by atoms with Gasteiger partial charge < -0.3 is 5.73 Å². The number of carbonyl (C=O) groups is 1. The molecule has 0 spiro atoms. The van der Waals surface area contributed by atoms with Crippen LogP contribution >= 0.6 is 0 Å². The van der Waals surface area contributed by atoms with E-state index in [0.717, 1.165) is 17.5 Å². The first kappa shape index (κ1) is 8.78. The third kappa shape index (κ3) is 1.64. The summed E-state index contributed by atoms with van der Waals surface area (Å²) >= 11 is 0. The molecule has 64 valence electrons. The standard InChI is InChI=1S/C10H13NO/c1-3-8-5-4-7(2)9(6-8)10(11)12/h4-6H,3H2,1-2H3,(H2,11,12). The molecule has 0 fully saturated rings. The highest BCUT2D eigenvalue weighted by Crippen LogP contribution is 2.10. The van der Waals surface area contributed by atoms with Gasteiger partial charge in [0, 0.05) is 5.56 Å². The molecular formula is C10H13NO. The molecule has 0 saturated heterocycles. The Labute approximate surface area is 72.4 Å². The second-order valence-electron chi connectivity index (χ2n) is 2.87. The SMILES string of the molecule is CCc1ccc(C)c(C(N)=O)c1. The van der Waals surface area contributed by atoms with E-state index in [4.69, 9.17) is 5.73 Å². The zero-order valence-electron chi connectivity index (χ0n) is 7.42. The zero-order valence-corrected chi connectivity index (χ0v) is 7.42. The average molecular weight is 163 g/mol. The van der Waals surface area contributed by atoms with Crippen LogP contribution in [0.1, 0.15) is 28.4 Å². The van der Waals surface area contributed by atoms with Crippen LogP contribution in [0.4, 0.5) is 0 Å². The van der Waals surface area contributed by atoms with Crippen molar-refractivity contribution >= 4 is 5.91 Å². The molecule has 1 aromatic rings. The Hall–Kier alpha value is -1.31. The molecule has 0 unspecified atom stereocenters. The van der Waals surface area contributed by atoms with Crippen LogP contribution in [0.3, 0.4) is 0 Å². The number of primary amides is 1. The fourth-order valence-electron chi connectivity index (χ4n) is 1.15. The Balaban J connectivity index is 3.17. The summed E-state index contributed by atoms with van der Waals surface area (Å²) in [6.45, 7) is 3.94. The molecule has 2 nitrogen and oxygen atoms in total. The lowest BCUT2D eigenvalue weighted by Gasteiger charge is -2.03. The van der Waals surface area contributed by atoms with Gasteiger partial charge in [-0.2, -0.15) is 0 Å². The Morgan fingerprint density at radius 1 is 1.50 bits per heavy atom. The van der Waals surface area contributed by atoms with Crippen LogP contribution in [0.2, 0.25) is 0 Å². The van der Waals surface area contributed by atoms with Crippen LogP contribution in [0.25, 0.3) is 0 Å². The lowest BCUT2D eigenvalue weighted by atomic mass is 10.0. The third-order valence-electron chi connectivity index (χ3n) is 1.98. The van der Waals surface area contributed by atoms with Gasteiger partial charge in [0.25, 0.3) is 0 Å². The minimum atomic E-state index is -0.345. The number of benzene rings is 1. The van der Waals surface area contributed by atoms with Gasteiger partial charge in [-0.1, -0.05) is 19.1 Å². The number of carbonyl (C=O) groups excluding carboxylic acids is 1. The monoisotopic (exact) mass is 163 g/mol. The summed E-state index contributed by atoms with van der Waals surface area (Å²) < 4.78 is 0. The molecule has 2 heteroatoms. The van der Waals surface area contributed by atoms with Gasteiger partial charge >= 0.3 is 0 Å². The molecule has 0 saturated carbocycles. The minimum absolute atomic E-state index is 0.345. The van der Waals surface area contributed by atoms with Crippen LogP contribution in [0, 0.1) is 6.92 Å². The summed E-state index contributed by atoms with van der Waals surface area (Å²) in [6.07, 6.45) is 0.931. The number of hydrogen-bond acceptors (Lipinski definition) is 1. The Bertz CT molecular complexity index is 305. The van der Waals surface area contributed by atoms with Crippen LogP contribution in [0.5, 0.6) is 0 Å². The van der Waals surface area contributed by atoms with Gasteiger partial charge in [0.15, 0.2) is 0 Å². The van der Waals surface area contributed by atoms with E-state index >= 15 is 0 Å². The third-order valence-corrected chi connectivity index (χ3v) is 1.98. The van der Waals surface area contributed by atoms with Gasteiger partial charge in [-0.3, -0.25) is 4.79 Å². The molecule has 0 aliphatic rings. The first-order chi connectivity index (χ1) is 5.65. The summed E-state index contributed by atoms with van der Waals surface area (Å²) in [5.41, 5.74) is 7.92. The maximum Gasteiger partial charge on any atom is 0.248 e. The fraction of sp³-hybridized carbons (Fsp3) is 0.300. The first-order valence-electron chi connectivity index (χ1n) is 4.04. The summed E-state index contributed by atoms with van der Waals surface area (Å²) in [6, 6.07) is 5.80. The maximum absolute atomic E-state index is 10.9. The molecule has 0 radical (unpaired) electrons. The minimum Gasteiger partial charge on any atom is -0.366 e. The van der Waals surface area contributed by atoms with E-state index in [1.165, 1.54) is 0 Å². The Morgan fingerprint density at radius 2 is 2.17 bits per heavy atom. The van der Waals surface area contributed by atoms with E-state index in [0.29, 0.717) is 5.56 Å². The Morgan fingerprint density at radius 3 is 2.67 bits per heavy atom. The topological polar surface area (TPSA) is 43.1 Å². The normalized spacial score (nSPS) is 9.83. The predicted molar refractivity (Wildman–Crippen MR) is 49.1 cm³/mol. The van der Waals surface area contributed by atoms with Gasteiger partial charge in [0.05, 0.1) is 0 Å². The van der Waals surface area contributed by atoms with Crippen molar-refractivity contribution < 1.29 is 4.79 Å². The summed E-state index contributed by atoms with van der Waals surface area (Å²) in [4.78, 5) is 10.9. The number of rotatable bonds is 2. The van der Waals surface area contributed by atoms with Gasteiger partial charge in [-0.05, 0) is 30.5 Å². The highest BCUT2D eigenvalue weighted by molar-refractivity contribution is 5.94. The summed E-state index contributed by atoms with van der Waals surface area (Å²) in [7, 11) is 0. The molecule has 1 aromatic carbocycles. The molecule has 0 bridgehead atoms. The van der Waals surface area contributed by atoms with Crippen LogP contribution in [-0.4, -0.2) is 5.91 Å². The Kier molecular flexibility index (Phi) is 2.48.